The molecule has 1 heterocycles. The van der Waals surface area contributed by atoms with Crippen LogP contribution in [0.5, 0.6) is 0 Å². The quantitative estimate of drug-likeness (QED) is 0.656. The molecule has 28 heavy (non-hydrogen) atoms. The van der Waals surface area contributed by atoms with Gasteiger partial charge in [0.1, 0.15) is 0 Å². The molecule has 5 nitrogen and oxygen atoms in total. The molecule has 1 aromatic rings. The molecule has 0 radical (unpaired) electrons. The molecule has 2 rings (SSSR count). The van der Waals surface area contributed by atoms with E-state index in [0.717, 1.165) is 45.7 Å². The highest BCUT2D eigenvalue weighted by Gasteiger charge is 2.21. The van der Waals surface area contributed by atoms with Crippen LogP contribution in [-0.4, -0.2) is 72.3 Å². The predicted molar refractivity (Wildman–Crippen MR) is 115 cm³/mol. The maximum absolute atomic E-state index is 12.5. The van der Waals surface area contributed by atoms with Crippen LogP contribution in [0.3, 0.4) is 0 Å². The molecular weight excluding hydrogens is 350 g/mol. The van der Waals surface area contributed by atoms with E-state index in [-0.39, 0.29) is 11.8 Å². The Bertz CT molecular complexity index is 635. The molecule has 1 aliphatic rings. The van der Waals surface area contributed by atoms with Crippen molar-refractivity contribution in [3.63, 3.8) is 0 Å². The van der Waals surface area contributed by atoms with Crippen molar-refractivity contribution < 1.29 is 9.59 Å². The smallest absolute Gasteiger partial charge is 0.224 e. The maximum Gasteiger partial charge on any atom is 0.224 e. The summed E-state index contributed by atoms with van der Waals surface area (Å²) in [6.07, 6.45) is 5.73. The predicted octanol–water partition coefficient (Wildman–Crippen LogP) is 3.13. The maximum atomic E-state index is 12.5. The number of amides is 2. The minimum atomic E-state index is 0.0588. The minimum absolute atomic E-state index is 0.0588. The fraction of sp³-hybridized carbons (Fsp3) is 0.565. The van der Waals surface area contributed by atoms with Gasteiger partial charge in [-0.25, -0.2) is 0 Å². The van der Waals surface area contributed by atoms with E-state index in [1.54, 1.807) is 6.92 Å². The van der Waals surface area contributed by atoms with Crippen molar-refractivity contribution in [2.45, 2.75) is 33.6 Å². The monoisotopic (exact) mass is 385 g/mol. The average molecular weight is 386 g/mol. The third-order valence-electron chi connectivity index (χ3n) is 5.22. The topological polar surface area (TPSA) is 43.9 Å². The SMILES string of the molecule is CC(=O)N(CCC(=O)N1CCN(C/C=C/c2ccccc2)CC1)CCC(C)C. The van der Waals surface area contributed by atoms with Gasteiger partial charge in [0.05, 0.1) is 0 Å². The first-order valence-electron chi connectivity index (χ1n) is 10.4. The van der Waals surface area contributed by atoms with Gasteiger partial charge in [-0.3, -0.25) is 14.5 Å². The Balaban J connectivity index is 1.69. The number of carbonyl (C=O) groups excluding carboxylic acids is 2. The van der Waals surface area contributed by atoms with Crippen LogP contribution in [-0.2, 0) is 9.59 Å². The molecule has 0 atom stereocenters. The largest absolute Gasteiger partial charge is 0.342 e. The Morgan fingerprint density at radius 3 is 2.36 bits per heavy atom. The fourth-order valence-electron chi connectivity index (χ4n) is 3.31. The van der Waals surface area contributed by atoms with Crippen LogP contribution in [0.15, 0.2) is 36.4 Å². The summed E-state index contributed by atoms with van der Waals surface area (Å²) >= 11 is 0. The van der Waals surface area contributed by atoms with Gasteiger partial charge in [0.15, 0.2) is 0 Å². The van der Waals surface area contributed by atoms with Crippen LogP contribution in [0.1, 0.15) is 39.2 Å². The molecule has 2 amide bonds. The lowest BCUT2D eigenvalue weighted by atomic mass is 10.1. The van der Waals surface area contributed by atoms with Crippen molar-refractivity contribution in [3.05, 3.63) is 42.0 Å². The molecule has 0 unspecified atom stereocenters. The van der Waals surface area contributed by atoms with Gasteiger partial charge in [-0.1, -0.05) is 56.3 Å². The first kappa shape index (κ1) is 22.2. The minimum Gasteiger partial charge on any atom is -0.342 e. The van der Waals surface area contributed by atoms with Gasteiger partial charge in [-0.15, -0.1) is 0 Å². The Labute approximate surface area is 170 Å². The van der Waals surface area contributed by atoms with Crippen molar-refractivity contribution in [1.29, 1.82) is 0 Å². The van der Waals surface area contributed by atoms with Crippen LogP contribution >= 0.6 is 0 Å². The molecule has 1 fully saturated rings. The number of nitrogens with zero attached hydrogens (tertiary/aromatic N) is 3. The Morgan fingerprint density at radius 1 is 1.07 bits per heavy atom. The van der Waals surface area contributed by atoms with Gasteiger partial charge in [-0.2, -0.15) is 0 Å². The van der Waals surface area contributed by atoms with E-state index in [2.05, 4.69) is 43.0 Å². The highest BCUT2D eigenvalue weighted by atomic mass is 16.2. The molecule has 0 spiro atoms. The van der Waals surface area contributed by atoms with Crippen molar-refractivity contribution in [2.24, 2.45) is 5.92 Å². The van der Waals surface area contributed by atoms with Crippen molar-refractivity contribution in [2.75, 3.05) is 45.8 Å². The number of hydrogen-bond donors (Lipinski definition) is 0. The second-order valence-corrected chi connectivity index (χ2v) is 7.93. The van der Waals surface area contributed by atoms with Crippen LogP contribution in [0.4, 0.5) is 0 Å². The molecule has 154 valence electrons. The third kappa shape index (κ3) is 7.85. The fourth-order valence-corrected chi connectivity index (χ4v) is 3.31. The van der Waals surface area contributed by atoms with Gasteiger partial charge < -0.3 is 9.80 Å². The number of piperazine rings is 1. The molecule has 0 aliphatic carbocycles. The van der Waals surface area contributed by atoms with Gasteiger partial charge in [-0.05, 0) is 17.9 Å². The second kappa shape index (κ2) is 11.6. The highest BCUT2D eigenvalue weighted by molar-refractivity contribution is 5.78. The molecule has 0 N–H and O–H groups in total. The number of hydrogen-bond acceptors (Lipinski definition) is 3. The normalized spacial score (nSPS) is 15.4. The molecule has 1 aliphatic heterocycles. The van der Waals surface area contributed by atoms with E-state index in [1.807, 2.05) is 28.0 Å². The zero-order valence-electron chi connectivity index (χ0n) is 17.6. The Morgan fingerprint density at radius 2 is 1.75 bits per heavy atom. The first-order chi connectivity index (χ1) is 13.5. The number of rotatable bonds is 9. The average Bonchev–Trinajstić information content (AvgIpc) is 2.68. The van der Waals surface area contributed by atoms with E-state index in [9.17, 15) is 9.59 Å². The second-order valence-electron chi connectivity index (χ2n) is 7.93. The van der Waals surface area contributed by atoms with Crippen molar-refractivity contribution in [3.8, 4) is 0 Å². The lowest BCUT2D eigenvalue weighted by molar-refractivity contribution is -0.134. The van der Waals surface area contributed by atoms with Crippen LogP contribution in [0.25, 0.3) is 6.08 Å². The zero-order chi connectivity index (χ0) is 20.4. The molecule has 0 bridgehead atoms. The van der Waals surface area contributed by atoms with Crippen LogP contribution < -0.4 is 0 Å². The molecule has 1 saturated heterocycles. The highest BCUT2D eigenvalue weighted by Crippen LogP contribution is 2.08. The van der Waals surface area contributed by atoms with Gasteiger partial charge in [0, 0.05) is 59.2 Å². The van der Waals surface area contributed by atoms with Crippen LogP contribution in [0, 0.1) is 5.92 Å². The van der Waals surface area contributed by atoms with E-state index in [4.69, 9.17) is 0 Å². The molecule has 0 aromatic heterocycles. The Kier molecular flexibility index (Phi) is 9.21. The summed E-state index contributed by atoms with van der Waals surface area (Å²) in [6.45, 7) is 11.4. The number of benzene rings is 1. The van der Waals surface area contributed by atoms with Crippen LogP contribution in [0.2, 0.25) is 0 Å². The van der Waals surface area contributed by atoms with Crippen molar-refractivity contribution in [1.82, 2.24) is 14.7 Å². The van der Waals surface area contributed by atoms with Gasteiger partial charge >= 0.3 is 0 Å². The van der Waals surface area contributed by atoms with E-state index >= 15 is 0 Å². The molecule has 0 saturated carbocycles. The third-order valence-corrected chi connectivity index (χ3v) is 5.22. The van der Waals surface area contributed by atoms with E-state index < -0.39 is 0 Å². The summed E-state index contributed by atoms with van der Waals surface area (Å²) in [7, 11) is 0. The lowest BCUT2D eigenvalue weighted by Crippen LogP contribution is -2.49. The van der Waals surface area contributed by atoms with Crippen molar-refractivity contribution >= 4 is 17.9 Å². The lowest BCUT2D eigenvalue weighted by Gasteiger charge is -2.34. The van der Waals surface area contributed by atoms with E-state index in [0.29, 0.717) is 18.9 Å². The standard InChI is InChI=1S/C23H35N3O2/c1-20(2)11-14-25(21(3)27)15-12-23(28)26-18-16-24(17-19-26)13-7-10-22-8-5-4-6-9-22/h4-10,20H,11-19H2,1-3H3/b10-7+. The van der Waals surface area contributed by atoms with E-state index in [1.165, 1.54) is 5.56 Å². The summed E-state index contributed by atoms with van der Waals surface area (Å²) in [6, 6.07) is 10.3. The summed E-state index contributed by atoms with van der Waals surface area (Å²) in [4.78, 5) is 30.4. The first-order valence-corrected chi connectivity index (χ1v) is 10.4. The molecule has 1 aromatic carbocycles. The molecule has 5 heteroatoms. The summed E-state index contributed by atoms with van der Waals surface area (Å²) in [5, 5.41) is 0. The summed E-state index contributed by atoms with van der Waals surface area (Å²) in [5.41, 5.74) is 1.21. The Hall–Kier alpha value is -2.14. The summed E-state index contributed by atoms with van der Waals surface area (Å²) in [5.74, 6) is 0.778. The summed E-state index contributed by atoms with van der Waals surface area (Å²) < 4.78 is 0. The zero-order valence-corrected chi connectivity index (χ0v) is 17.6. The number of carbonyl (C=O) groups is 2. The molecular formula is C23H35N3O2. The van der Waals surface area contributed by atoms with Gasteiger partial charge in [0.2, 0.25) is 11.8 Å². The van der Waals surface area contributed by atoms with Gasteiger partial charge in [0.25, 0.3) is 0 Å².